The van der Waals surface area contributed by atoms with Crippen LogP contribution in [0.15, 0.2) is 48.5 Å². The lowest BCUT2D eigenvalue weighted by Crippen LogP contribution is -2.46. The Labute approximate surface area is 144 Å². The highest BCUT2D eigenvalue weighted by Crippen LogP contribution is 2.15. The SMILES string of the molecule is O=C(NC1CCN(C(=O)c2ccc(F)cc2)CC1)c1ccccc1F. The summed E-state index contributed by atoms with van der Waals surface area (Å²) in [5.74, 6) is -1.53. The molecule has 1 aliphatic heterocycles. The van der Waals surface area contributed by atoms with Gasteiger partial charge in [0.25, 0.3) is 11.8 Å². The Balaban J connectivity index is 1.55. The van der Waals surface area contributed by atoms with E-state index in [9.17, 15) is 18.4 Å². The minimum Gasteiger partial charge on any atom is -0.349 e. The molecule has 6 heteroatoms. The fraction of sp³-hybridized carbons (Fsp3) is 0.263. The highest BCUT2D eigenvalue weighted by atomic mass is 19.1. The van der Waals surface area contributed by atoms with E-state index in [1.807, 2.05) is 0 Å². The van der Waals surface area contributed by atoms with E-state index in [0.29, 0.717) is 31.5 Å². The number of rotatable bonds is 3. The lowest BCUT2D eigenvalue weighted by molar-refractivity contribution is 0.0698. The summed E-state index contributed by atoms with van der Waals surface area (Å²) in [5.41, 5.74) is 0.461. The van der Waals surface area contributed by atoms with Crippen molar-refractivity contribution >= 4 is 11.8 Å². The van der Waals surface area contributed by atoms with Gasteiger partial charge in [0.15, 0.2) is 0 Å². The third-order valence-corrected chi connectivity index (χ3v) is 4.33. The first-order valence-corrected chi connectivity index (χ1v) is 8.15. The van der Waals surface area contributed by atoms with Gasteiger partial charge in [-0.3, -0.25) is 9.59 Å². The topological polar surface area (TPSA) is 49.4 Å². The molecule has 25 heavy (non-hydrogen) atoms. The summed E-state index contributed by atoms with van der Waals surface area (Å²) in [4.78, 5) is 26.2. The predicted molar refractivity (Wildman–Crippen MR) is 89.2 cm³/mol. The van der Waals surface area contributed by atoms with E-state index in [1.54, 1.807) is 11.0 Å². The van der Waals surface area contributed by atoms with Crippen molar-refractivity contribution in [2.75, 3.05) is 13.1 Å². The molecule has 130 valence electrons. The van der Waals surface area contributed by atoms with Crippen molar-refractivity contribution in [3.63, 3.8) is 0 Å². The zero-order chi connectivity index (χ0) is 17.8. The first kappa shape index (κ1) is 17.1. The summed E-state index contributed by atoms with van der Waals surface area (Å²) in [7, 11) is 0. The van der Waals surface area contributed by atoms with Crippen LogP contribution in [0.2, 0.25) is 0 Å². The summed E-state index contributed by atoms with van der Waals surface area (Å²) < 4.78 is 26.6. The van der Waals surface area contributed by atoms with Crippen molar-refractivity contribution < 1.29 is 18.4 Å². The first-order chi connectivity index (χ1) is 12.0. The average Bonchev–Trinajstić information content (AvgIpc) is 2.63. The number of hydrogen-bond acceptors (Lipinski definition) is 2. The molecule has 0 radical (unpaired) electrons. The van der Waals surface area contributed by atoms with E-state index >= 15 is 0 Å². The first-order valence-electron chi connectivity index (χ1n) is 8.15. The van der Waals surface area contributed by atoms with E-state index in [2.05, 4.69) is 5.32 Å². The van der Waals surface area contributed by atoms with Gasteiger partial charge in [-0.1, -0.05) is 12.1 Å². The normalized spacial score (nSPS) is 15.0. The number of piperidine rings is 1. The molecule has 4 nitrogen and oxygen atoms in total. The second-order valence-electron chi connectivity index (χ2n) is 6.03. The molecule has 0 atom stereocenters. The minimum absolute atomic E-state index is 0.0207. The lowest BCUT2D eigenvalue weighted by Gasteiger charge is -2.32. The summed E-state index contributed by atoms with van der Waals surface area (Å²) in [5, 5.41) is 2.82. The Morgan fingerprint density at radius 2 is 1.60 bits per heavy atom. The molecule has 2 aromatic carbocycles. The molecule has 0 aliphatic carbocycles. The van der Waals surface area contributed by atoms with Gasteiger partial charge >= 0.3 is 0 Å². The van der Waals surface area contributed by atoms with Crippen molar-refractivity contribution in [2.24, 2.45) is 0 Å². The van der Waals surface area contributed by atoms with Gasteiger partial charge in [0, 0.05) is 24.7 Å². The van der Waals surface area contributed by atoms with Crippen LogP contribution in [0.1, 0.15) is 33.6 Å². The highest BCUT2D eigenvalue weighted by Gasteiger charge is 2.25. The molecule has 0 spiro atoms. The van der Waals surface area contributed by atoms with Gasteiger partial charge in [-0.2, -0.15) is 0 Å². The quantitative estimate of drug-likeness (QED) is 0.931. The Kier molecular flexibility index (Phi) is 5.07. The fourth-order valence-corrected chi connectivity index (χ4v) is 2.91. The molecular weight excluding hydrogens is 326 g/mol. The number of amides is 2. The Morgan fingerprint density at radius 1 is 0.960 bits per heavy atom. The van der Waals surface area contributed by atoms with Gasteiger partial charge in [0.05, 0.1) is 5.56 Å². The smallest absolute Gasteiger partial charge is 0.254 e. The number of carbonyl (C=O) groups excluding carboxylic acids is 2. The monoisotopic (exact) mass is 344 g/mol. The van der Waals surface area contributed by atoms with E-state index in [0.717, 1.165) is 0 Å². The largest absolute Gasteiger partial charge is 0.349 e. The fourth-order valence-electron chi connectivity index (χ4n) is 2.91. The summed E-state index contributed by atoms with van der Waals surface area (Å²) in [6.45, 7) is 0.969. The second-order valence-corrected chi connectivity index (χ2v) is 6.03. The van der Waals surface area contributed by atoms with Crippen molar-refractivity contribution in [1.29, 1.82) is 0 Å². The average molecular weight is 344 g/mol. The van der Waals surface area contributed by atoms with E-state index < -0.39 is 11.7 Å². The van der Waals surface area contributed by atoms with Crippen LogP contribution in [-0.4, -0.2) is 35.8 Å². The summed E-state index contributed by atoms with van der Waals surface area (Å²) in [6, 6.07) is 11.2. The van der Waals surface area contributed by atoms with E-state index in [1.165, 1.54) is 42.5 Å². The number of nitrogens with zero attached hydrogens (tertiary/aromatic N) is 1. The zero-order valence-corrected chi connectivity index (χ0v) is 13.5. The standard InChI is InChI=1S/C19H18F2N2O2/c20-14-7-5-13(6-8-14)19(25)23-11-9-15(10-12-23)22-18(24)16-3-1-2-4-17(16)21/h1-8,15H,9-12H2,(H,22,24). The molecular formula is C19H18F2N2O2. The third-order valence-electron chi connectivity index (χ3n) is 4.33. The number of hydrogen-bond donors (Lipinski definition) is 1. The summed E-state index contributed by atoms with van der Waals surface area (Å²) in [6.07, 6.45) is 1.18. The third kappa shape index (κ3) is 4.02. The van der Waals surface area contributed by atoms with Crippen LogP contribution in [-0.2, 0) is 0 Å². The number of nitrogens with one attached hydrogen (secondary N) is 1. The maximum Gasteiger partial charge on any atom is 0.254 e. The maximum atomic E-state index is 13.6. The molecule has 1 aliphatic rings. The second kappa shape index (κ2) is 7.42. The molecule has 3 rings (SSSR count). The molecule has 0 aromatic heterocycles. The maximum absolute atomic E-state index is 13.6. The van der Waals surface area contributed by atoms with Crippen molar-refractivity contribution in [1.82, 2.24) is 10.2 Å². The van der Waals surface area contributed by atoms with Crippen LogP contribution in [0, 0.1) is 11.6 Å². The molecule has 2 amide bonds. The van der Waals surface area contributed by atoms with Crippen LogP contribution >= 0.6 is 0 Å². The Morgan fingerprint density at radius 3 is 2.24 bits per heavy atom. The van der Waals surface area contributed by atoms with Gasteiger partial charge < -0.3 is 10.2 Å². The lowest BCUT2D eigenvalue weighted by atomic mass is 10.0. The van der Waals surface area contributed by atoms with Gasteiger partial charge in [-0.25, -0.2) is 8.78 Å². The van der Waals surface area contributed by atoms with Crippen LogP contribution in [0.3, 0.4) is 0 Å². The Hall–Kier alpha value is -2.76. The minimum atomic E-state index is -0.552. The Bertz CT molecular complexity index is 769. The molecule has 1 fully saturated rings. The van der Waals surface area contributed by atoms with E-state index in [-0.39, 0.29) is 23.3 Å². The van der Waals surface area contributed by atoms with Crippen LogP contribution < -0.4 is 5.32 Å². The molecule has 0 bridgehead atoms. The van der Waals surface area contributed by atoms with Crippen molar-refractivity contribution in [3.05, 3.63) is 71.3 Å². The van der Waals surface area contributed by atoms with Crippen LogP contribution in [0.25, 0.3) is 0 Å². The zero-order valence-electron chi connectivity index (χ0n) is 13.5. The number of halogens is 2. The van der Waals surface area contributed by atoms with Crippen LogP contribution in [0.5, 0.6) is 0 Å². The number of benzene rings is 2. The van der Waals surface area contributed by atoms with Gasteiger partial charge in [0.1, 0.15) is 11.6 Å². The molecule has 1 N–H and O–H groups in total. The van der Waals surface area contributed by atoms with Crippen LogP contribution in [0.4, 0.5) is 8.78 Å². The summed E-state index contributed by atoms with van der Waals surface area (Å²) >= 11 is 0. The van der Waals surface area contributed by atoms with Gasteiger partial charge in [0.2, 0.25) is 0 Å². The molecule has 2 aromatic rings. The van der Waals surface area contributed by atoms with Gasteiger partial charge in [-0.05, 0) is 49.2 Å². The molecule has 0 unspecified atom stereocenters. The molecule has 1 heterocycles. The van der Waals surface area contributed by atoms with E-state index in [4.69, 9.17) is 0 Å². The number of likely N-dealkylation sites (tertiary alicyclic amines) is 1. The van der Waals surface area contributed by atoms with Crippen molar-refractivity contribution in [2.45, 2.75) is 18.9 Å². The predicted octanol–water partition coefficient (Wildman–Crippen LogP) is 3.00. The molecule has 1 saturated heterocycles. The number of carbonyl (C=O) groups is 2. The van der Waals surface area contributed by atoms with Gasteiger partial charge in [-0.15, -0.1) is 0 Å². The van der Waals surface area contributed by atoms with Crippen molar-refractivity contribution in [3.8, 4) is 0 Å². The molecule has 0 saturated carbocycles. The highest BCUT2D eigenvalue weighted by molar-refractivity contribution is 5.95.